The molecule has 172 valence electrons. The molecule has 1 unspecified atom stereocenters. The molecule has 1 N–H and O–H groups in total. The van der Waals surface area contributed by atoms with Crippen LogP contribution in [0.3, 0.4) is 0 Å². The van der Waals surface area contributed by atoms with E-state index in [1.54, 1.807) is 0 Å². The number of nitrogens with zero attached hydrogens (tertiary/aromatic N) is 2. The van der Waals surface area contributed by atoms with E-state index >= 15 is 0 Å². The van der Waals surface area contributed by atoms with Crippen LogP contribution < -0.4 is 14.8 Å². The average molecular weight is 438 g/mol. The molecule has 1 atom stereocenters. The summed E-state index contributed by atoms with van der Waals surface area (Å²) in [5.41, 5.74) is 0.660. The Morgan fingerprint density at radius 3 is 1.77 bits per heavy atom. The van der Waals surface area contributed by atoms with Crippen molar-refractivity contribution in [2.75, 3.05) is 18.5 Å². The van der Waals surface area contributed by atoms with Gasteiger partial charge in [-0.25, -0.2) is 0 Å². The Hall–Kier alpha value is -1.43. The lowest BCUT2D eigenvalue weighted by Gasteiger charge is -2.21. The zero-order valence-corrected chi connectivity index (χ0v) is 20.5. The van der Waals surface area contributed by atoms with Crippen LogP contribution in [0.25, 0.3) is 0 Å². The van der Waals surface area contributed by atoms with Crippen molar-refractivity contribution in [1.29, 1.82) is 0 Å². The molecule has 6 heteroatoms. The van der Waals surface area contributed by atoms with Gasteiger partial charge in [-0.2, -0.15) is 9.97 Å². The minimum absolute atomic E-state index is 0.368. The number of ether oxygens (including phenoxy) is 2. The zero-order valence-electron chi connectivity index (χ0n) is 19.7. The molecule has 0 bridgehead atoms. The van der Waals surface area contributed by atoms with E-state index in [1.807, 2.05) is 13.8 Å². The first kappa shape index (κ1) is 26.6. The van der Waals surface area contributed by atoms with Crippen LogP contribution >= 0.6 is 12.2 Å². The van der Waals surface area contributed by atoms with Crippen LogP contribution in [-0.2, 0) is 0 Å². The molecule has 0 aliphatic rings. The monoisotopic (exact) mass is 437 g/mol. The first-order valence-corrected chi connectivity index (χ1v) is 12.5. The van der Waals surface area contributed by atoms with Gasteiger partial charge in [-0.15, -0.1) is 0 Å². The number of hydrogen-bond donors (Lipinski definition) is 1. The highest BCUT2D eigenvalue weighted by Crippen LogP contribution is 2.32. The van der Waals surface area contributed by atoms with Crippen LogP contribution in [0.2, 0.25) is 0 Å². The predicted molar refractivity (Wildman–Crippen MR) is 131 cm³/mol. The van der Waals surface area contributed by atoms with Crippen molar-refractivity contribution in [1.82, 2.24) is 9.97 Å². The molecular weight excluding hydrogens is 394 g/mol. The SMILES string of the molecule is CCCCCCCCC(CCCCCC)C(=S)Nc1c(OCC)ncnc1OCC. The second-order valence-electron chi connectivity index (χ2n) is 7.82. The Bertz CT molecular complexity index is 559. The van der Waals surface area contributed by atoms with Gasteiger partial charge in [-0.1, -0.05) is 90.3 Å². The maximum atomic E-state index is 5.86. The fourth-order valence-electron chi connectivity index (χ4n) is 3.57. The van der Waals surface area contributed by atoms with Gasteiger partial charge in [0.15, 0.2) is 5.69 Å². The summed E-state index contributed by atoms with van der Waals surface area (Å²) in [4.78, 5) is 9.42. The molecule has 0 saturated carbocycles. The third-order valence-electron chi connectivity index (χ3n) is 5.27. The van der Waals surface area contributed by atoms with Gasteiger partial charge < -0.3 is 14.8 Å². The second kappa shape index (κ2) is 17.3. The summed E-state index contributed by atoms with van der Waals surface area (Å²) in [5, 5.41) is 3.41. The molecule has 0 aliphatic carbocycles. The molecular formula is C24H43N3O2S. The molecule has 0 spiro atoms. The summed E-state index contributed by atoms with van der Waals surface area (Å²) in [6.07, 6.45) is 16.6. The van der Waals surface area contributed by atoms with Gasteiger partial charge in [0.25, 0.3) is 0 Å². The van der Waals surface area contributed by atoms with E-state index in [1.165, 1.54) is 70.5 Å². The van der Waals surface area contributed by atoms with Gasteiger partial charge >= 0.3 is 0 Å². The molecule has 0 saturated heterocycles. The lowest BCUT2D eigenvalue weighted by molar-refractivity contribution is 0.309. The summed E-state index contributed by atoms with van der Waals surface area (Å²) in [7, 11) is 0. The quantitative estimate of drug-likeness (QED) is 0.191. The van der Waals surface area contributed by atoms with Gasteiger partial charge in [0.05, 0.1) is 18.2 Å². The molecule has 1 rings (SSSR count). The summed E-state index contributed by atoms with van der Waals surface area (Å²) >= 11 is 5.86. The maximum Gasteiger partial charge on any atom is 0.244 e. The van der Waals surface area contributed by atoms with Gasteiger partial charge in [-0.05, 0) is 26.7 Å². The molecule has 1 aromatic heterocycles. The maximum absolute atomic E-state index is 5.86. The normalized spacial score (nSPS) is 11.9. The van der Waals surface area contributed by atoms with Crippen LogP contribution in [0.5, 0.6) is 11.8 Å². The molecule has 5 nitrogen and oxygen atoms in total. The number of unbranched alkanes of at least 4 members (excludes halogenated alkanes) is 8. The zero-order chi connectivity index (χ0) is 22.0. The topological polar surface area (TPSA) is 56.3 Å². The number of rotatable bonds is 18. The third-order valence-corrected chi connectivity index (χ3v) is 5.71. The van der Waals surface area contributed by atoms with Crippen LogP contribution in [0.1, 0.15) is 105 Å². The molecule has 1 heterocycles. The van der Waals surface area contributed by atoms with Crippen LogP contribution in [-0.4, -0.2) is 28.2 Å². The van der Waals surface area contributed by atoms with E-state index in [-0.39, 0.29) is 0 Å². The summed E-state index contributed by atoms with van der Waals surface area (Å²) in [5.74, 6) is 1.37. The van der Waals surface area contributed by atoms with E-state index in [9.17, 15) is 0 Å². The number of nitrogens with one attached hydrogen (secondary N) is 1. The molecule has 0 aromatic carbocycles. The lowest BCUT2D eigenvalue weighted by Crippen LogP contribution is -2.22. The highest BCUT2D eigenvalue weighted by molar-refractivity contribution is 7.80. The standard InChI is InChI=1S/C24H43N3O2S/c1-5-9-11-13-14-16-18-20(17-15-12-10-6-2)24(30)27-21-22(28-7-3)25-19-26-23(21)29-8-4/h19-20H,5-18H2,1-4H3,(H,27,30). The molecule has 30 heavy (non-hydrogen) atoms. The Morgan fingerprint density at radius 1 is 0.800 bits per heavy atom. The van der Waals surface area contributed by atoms with E-state index in [2.05, 4.69) is 29.1 Å². The number of aromatic nitrogens is 2. The van der Waals surface area contributed by atoms with E-state index in [4.69, 9.17) is 21.7 Å². The van der Waals surface area contributed by atoms with Crippen molar-refractivity contribution in [3.05, 3.63) is 6.33 Å². The van der Waals surface area contributed by atoms with Crippen molar-refractivity contribution in [3.63, 3.8) is 0 Å². The van der Waals surface area contributed by atoms with Crippen molar-refractivity contribution in [3.8, 4) is 11.8 Å². The number of anilines is 1. The van der Waals surface area contributed by atoms with Crippen molar-refractivity contribution < 1.29 is 9.47 Å². The Labute approximate surface area is 189 Å². The minimum Gasteiger partial charge on any atom is -0.476 e. The first-order valence-electron chi connectivity index (χ1n) is 12.1. The Morgan fingerprint density at radius 2 is 1.27 bits per heavy atom. The van der Waals surface area contributed by atoms with E-state index in [0.29, 0.717) is 36.6 Å². The second-order valence-corrected chi connectivity index (χ2v) is 8.26. The molecule has 1 aromatic rings. The third kappa shape index (κ3) is 10.6. The first-order chi connectivity index (χ1) is 14.7. The summed E-state index contributed by atoms with van der Waals surface area (Å²) < 4.78 is 11.4. The summed E-state index contributed by atoms with van der Waals surface area (Å²) in [6, 6.07) is 0. The largest absolute Gasteiger partial charge is 0.476 e. The van der Waals surface area contributed by atoms with Crippen molar-refractivity contribution >= 4 is 22.9 Å². The fourth-order valence-corrected chi connectivity index (χ4v) is 3.91. The van der Waals surface area contributed by atoms with E-state index < -0.39 is 0 Å². The number of thiocarbonyl (C=S) groups is 1. The average Bonchev–Trinajstić information content (AvgIpc) is 2.74. The highest BCUT2D eigenvalue weighted by Gasteiger charge is 2.20. The van der Waals surface area contributed by atoms with Crippen molar-refractivity contribution in [2.45, 2.75) is 105 Å². The van der Waals surface area contributed by atoms with Crippen LogP contribution in [0, 0.1) is 5.92 Å². The van der Waals surface area contributed by atoms with Gasteiger partial charge in [-0.3, -0.25) is 0 Å². The Balaban J connectivity index is 2.78. The van der Waals surface area contributed by atoms with Crippen LogP contribution in [0.4, 0.5) is 5.69 Å². The minimum atomic E-state index is 0.368. The summed E-state index contributed by atoms with van der Waals surface area (Å²) in [6.45, 7) is 9.46. The number of hydrogen-bond acceptors (Lipinski definition) is 5. The molecule has 0 amide bonds. The van der Waals surface area contributed by atoms with Crippen LogP contribution in [0.15, 0.2) is 6.33 Å². The molecule has 0 radical (unpaired) electrons. The lowest BCUT2D eigenvalue weighted by atomic mass is 9.94. The molecule has 0 aliphatic heterocycles. The predicted octanol–water partition coefficient (Wildman–Crippen LogP) is 7.35. The molecule has 0 fully saturated rings. The van der Waals surface area contributed by atoms with Gasteiger partial charge in [0, 0.05) is 5.92 Å². The van der Waals surface area contributed by atoms with Crippen molar-refractivity contribution in [2.24, 2.45) is 5.92 Å². The van der Waals surface area contributed by atoms with Gasteiger partial charge in [0.2, 0.25) is 11.8 Å². The fraction of sp³-hybridized carbons (Fsp3) is 0.792. The van der Waals surface area contributed by atoms with Gasteiger partial charge in [0.1, 0.15) is 6.33 Å². The highest BCUT2D eigenvalue weighted by atomic mass is 32.1. The Kier molecular flexibility index (Phi) is 15.3. The van der Waals surface area contributed by atoms with E-state index in [0.717, 1.165) is 17.8 Å². The smallest absolute Gasteiger partial charge is 0.244 e.